The maximum absolute atomic E-state index is 5.05. The Morgan fingerprint density at radius 1 is 1.29 bits per heavy atom. The quantitative estimate of drug-likeness (QED) is 0.384. The highest BCUT2D eigenvalue weighted by Crippen LogP contribution is 1.71. The molecule has 42 valence electrons. The van der Waals surface area contributed by atoms with E-state index >= 15 is 0 Å². The Kier molecular flexibility index (Phi) is 1.97. The number of quaternary nitrogens is 1. The first-order valence-electron chi connectivity index (χ1n) is 2.49. The predicted octanol–water partition coefficient (Wildman–Crippen LogP) is -1.64. The van der Waals surface area contributed by atoms with Crippen molar-refractivity contribution >= 4 is 12.8 Å². The van der Waals surface area contributed by atoms with Crippen molar-refractivity contribution in [1.82, 2.24) is 0 Å². The van der Waals surface area contributed by atoms with Crippen molar-refractivity contribution < 1.29 is 9.04 Å². The molecule has 0 aromatic heterocycles. The van der Waals surface area contributed by atoms with Gasteiger partial charge in [0.1, 0.15) is 0 Å². The second-order valence-corrected chi connectivity index (χ2v) is 2.23. The van der Waals surface area contributed by atoms with Crippen LogP contribution in [0.1, 0.15) is 0 Å². The molecule has 0 unspecified atom stereocenters. The number of hydrogen-bond acceptors (Lipinski definition) is 2. The Balaban J connectivity index is 2.12. The summed E-state index contributed by atoms with van der Waals surface area (Å²) in [6, 6.07) is 0. The minimum atomic E-state index is 0.846. The van der Waals surface area contributed by atoms with Crippen LogP contribution in [-0.4, -0.2) is 26.3 Å². The zero-order valence-corrected chi connectivity index (χ0v) is 4.96. The van der Waals surface area contributed by atoms with Crippen molar-refractivity contribution in [1.29, 1.82) is 0 Å². The highest BCUT2D eigenvalue weighted by Gasteiger charge is 2.01. The van der Waals surface area contributed by atoms with E-state index in [4.69, 9.17) is 17.6 Å². The van der Waals surface area contributed by atoms with Crippen molar-refractivity contribution in [3.63, 3.8) is 0 Å². The Morgan fingerprint density at radius 2 is 1.86 bits per heavy atom. The molecule has 0 aromatic rings. The lowest BCUT2D eigenvalue weighted by atomic mass is 10.5. The summed E-state index contributed by atoms with van der Waals surface area (Å²) >= 11 is 4.93. The van der Waals surface area contributed by atoms with Crippen LogP contribution in [0.25, 0.3) is 0 Å². The van der Waals surface area contributed by atoms with Gasteiger partial charge in [-0.2, -0.15) is 0 Å². The molecule has 0 atom stereocenters. The molecule has 1 saturated heterocycles. The highest BCUT2D eigenvalue weighted by atomic mass is 32.1. The molecule has 1 rings (SSSR count). The van der Waals surface area contributed by atoms with Gasteiger partial charge in [-0.05, 0) is 0 Å². The third-order valence-corrected chi connectivity index (χ3v) is 1.46. The van der Waals surface area contributed by atoms with Crippen LogP contribution in [-0.2, 0) is 17.6 Å². The van der Waals surface area contributed by atoms with Crippen molar-refractivity contribution in [2.24, 2.45) is 0 Å². The summed E-state index contributed by atoms with van der Waals surface area (Å²) in [5.74, 6) is 0. The summed E-state index contributed by atoms with van der Waals surface area (Å²) in [4.78, 5) is 0. The van der Waals surface area contributed by atoms with Crippen LogP contribution in [0.4, 0.5) is 0 Å². The average molecular weight is 119 g/mol. The van der Waals surface area contributed by atoms with E-state index in [1.807, 2.05) is 0 Å². The molecule has 1 aliphatic rings. The van der Waals surface area contributed by atoms with Crippen LogP contribution < -0.4 is 4.31 Å². The van der Waals surface area contributed by atoms with Crippen LogP contribution in [0.15, 0.2) is 0 Å². The fourth-order valence-electron chi connectivity index (χ4n) is 0.599. The van der Waals surface area contributed by atoms with Gasteiger partial charge in [0, 0.05) is 0 Å². The first-order chi connectivity index (χ1) is 3.39. The first-order valence-corrected chi connectivity index (χ1v) is 2.90. The van der Waals surface area contributed by atoms with E-state index in [1.165, 1.54) is 4.31 Å². The predicted molar refractivity (Wildman–Crippen MR) is 28.9 cm³/mol. The largest absolute Gasteiger partial charge is 0.496 e. The summed E-state index contributed by atoms with van der Waals surface area (Å²) in [6.07, 6.45) is 0. The Bertz CT molecular complexity index is 53.7. The summed E-state index contributed by atoms with van der Waals surface area (Å²) in [7, 11) is 0. The number of hydrogen-bond donors (Lipinski definition) is 1. The molecule has 1 aliphatic heterocycles. The summed E-state index contributed by atoms with van der Waals surface area (Å²) < 4.78 is 6.22. The van der Waals surface area contributed by atoms with Gasteiger partial charge in [-0.1, -0.05) is 0 Å². The van der Waals surface area contributed by atoms with Gasteiger partial charge in [0.15, 0.2) is 0 Å². The van der Waals surface area contributed by atoms with Gasteiger partial charge >= 0.3 is 0 Å². The second kappa shape index (κ2) is 2.55. The lowest BCUT2D eigenvalue weighted by Gasteiger charge is -2.27. The molecule has 1 fully saturated rings. The average Bonchev–Trinajstić information content (AvgIpc) is 1.69. The molecular formula is C4H9NOS. The molecule has 1 heterocycles. The number of ether oxygens (including phenoxy) is 1. The molecule has 0 aromatic carbocycles. The standard InChI is InChI=1S/C4H9NOS/c7-5-1-3-6-4-2-5/h5H,1-4H2. The molecule has 0 bridgehead atoms. The molecule has 7 heavy (non-hydrogen) atoms. The van der Waals surface area contributed by atoms with Gasteiger partial charge in [0.05, 0.1) is 26.3 Å². The van der Waals surface area contributed by atoms with Gasteiger partial charge < -0.3 is 21.9 Å². The molecule has 0 spiro atoms. The van der Waals surface area contributed by atoms with Crippen molar-refractivity contribution in [3.05, 3.63) is 0 Å². The van der Waals surface area contributed by atoms with Gasteiger partial charge in [0.25, 0.3) is 0 Å². The van der Waals surface area contributed by atoms with Gasteiger partial charge in [-0.15, -0.1) is 0 Å². The fourth-order valence-corrected chi connectivity index (χ4v) is 0.766. The second-order valence-electron chi connectivity index (χ2n) is 1.65. The molecule has 3 heteroatoms. The third kappa shape index (κ3) is 1.67. The molecule has 1 N–H and O–H groups in total. The number of morpholine rings is 1. The SMILES string of the molecule is [S-][NH+]1CCOCC1. The summed E-state index contributed by atoms with van der Waals surface area (Å²) in [5, 5.41) is 0. The van der Waals surface area contributed by atoms with Crippen LogP contribution >= 0.6 is 0 Å². The molecular weight excluding hydrogens is 110 g/mol. The normalized spacial score (nSPS) is 25.3. The van der Waals surface area contributed by atoms with E-state index in [0.29, 0.717) is 0 Å². The third-order valence-electron chi connectivity index (χ3n) is 1.05. The van der Waals surface area contributed by atoms with Gasteiger partial charge in [-0.25, -0.2) is 0 Å². The minimum absolute atomic E-state index is 0.846. The first kappa shape index (κ1) is 5.41. The smallest absolute Gasteiger partial charge is 0.0946 e. The van der Waals surface area contributed by atoms with Gasteiger partial charge in [0.2, 0.25) is 0 Å². The molecule has 0 saturated carbocycles. The lowest BCUT2D eigenvalue weighted by molar-refractivity contribution is -0.766. The molecule has 0 amide bonds. The summed E-state index contributed by atoms with van der Waals surface area (Å²) in [6.45, 7) is 3.68. The Hall–Kier alpha value is 0.270. The maximum atomic E-state index is 5.05. The zero-order chi connectivity index (χ0) is 5.11. The molecule has 2 nitrogen and oxygen atoms in total. The monoisotopic (exact) mass is 119 g/mol. The van der Waals surface area contributed by atoms with Crippen LogP contribution in [0.3, 0.4) is 0 Å². The number of nitrogens with one attached hydrogen (secondary N) is 1. The van der Waals surface area contributed by atoms with Crippen LogP contribution in [0.2, 0.25) is 0 Å². The lowest BCUT2D eigenvalue weighted by Crippen LogP contribution is -3.09. The van der Waals surface area contributed by atoms with Crippen LogP contribution in [0, 0.1) is 0 Å². The number of rotatable bonds is 0. The van der Waals surface area contributed by atoms with E-state index < -0.39 is 0 Å². The highest BCUT2D eigenvalue weighted by molar-refractivity contribution is 7.51. The Labute approximate surface area is 49.0 Å². The van der Waals surface area contributed by atoms with Crippen LogP contribution in [0.5, 0.6) is 0 Å². The van der Waals surface area contributed by atoms with E-state index in [2.05, 4.69) is 0 Å². The fraction of sp³-hybridized carbons (Fsp3) is 1.00. The minimum Gasteiger partial charge on any atom is -0.496 e. The molecule has 0 aliphatic carbocycles. The van der Waals surface area contributed by atoms with Crippen molar-refractivity contribution in [2.45, 2.75) is 0 Å². The topological polar surface area (TPSA) is 13.7 Å². The summed E-state index contributed by atoms with van der Waals surface area (Å²) in [5.41, 5.74) is 0. The van der Waals surface area contributed by atoms with Crippen molar-refractivity contribution in [3.8, 4) is 0 Å². The Morgan fingerprint density at radius 3 is 2.14 bits per heavy atom. The van der Waals surface area contributed by atoms with Crippen molar-refractivity contribution in [2.75, 3.05) is 26.3 Å². The van der Waals surface area contributed by atoms with E-state index in [-0.39, 0.29) is 0 Å². The molecule has 0 radical (unpaired) electrons. The zero-order valence-electron chi connectivity index (χ0n) is 4.14. The van der Waals surface area contributed by atoms with Gasteiger partial charge in [-0.3, -0.25) is 0 Å². The maximum Gasteiger partial charge on any atom is 0.0946 e. The van der Waals surface area contributed by atoms with E-state index in [0.717, 1.165) is 26.3 Å². The van der Waals surface area contributed by atoms with E-state index in [9.17, 15) is 0 Å². The van der Waals surface area contributed by atoms with E-state index in [1.54, 1.807) is 0 Å².